The van der Waals surface area contributed by atoms with E-state index in [9.17, 15) is 9.59 Å². The number of carbonyl (C=O) groups is 2. The molecule has 4 heteroatoms. The molecule has 0 saturated carbocycles. The minimum Gasteiger partial charge on any atom is -0.465 e. The van der Waals surface area contributed by atoms with Crippen LogP contribution in [0.25, 0.3) is 0 Å². The molecule has 96 valence electrons. The molecular formula is C14H16O4. The summed E-state index contributed by atoms with van der Waals surface area (Å²) >= 11 is 0. The van der Waals surface area contributed by atoms with Crippen LogP contribution in [0.5, 0.6) is 0 Å². The van der Waals surface area contributed by atoms with Gasteiger partial charge >= 0.3 is 11.9 Å². The van der Waals surface area contributed by atoms with Gasteiger partial charge in [-0.05, 0) is 30.7 Å². The van der Waals surface area contributed by atoms with Crippen molar-refractivity contribution in [2.45, 2.75) is 19.8 Å². The molecule has 1 aromatic carbocycles. The Balaban J connectivity index is 2.71. The number of methoxy groups -OCH3 is 1. The fraction of sp³-hybridized carbons (Fsp3) is 0.286. The lowest BCUT2D eigenvalue weighted by Gasteiger charge is -2.02. The summed E-state index contributed by atoms with van der Waals surface area (Å²) in [6.07, 6.45) is 5.00. The van der Waals surface area contributed by atoms with Crippen LogP contribution >= 0.6 is 0 Å². The second-order valence-corrected chi connectivity index (χ2v) is 3.64. The zero-order chi connectivity index (χ0) is 13.4. The Kier molecular flexibility index (Phi) is 5.64. The molecule has 0 aliphatic rings. The summed E-state index contributed by atoms with van der Waals surface area (Å²) < 4.78 is 9.51. The average molecular weight is 248 g/mol. The highest BCUT2D eigenvalue weighted by atomic mass is 16.5. The van der Waals surface area contributed by atoms with Crippen LogP contribution in [0, 0.1) is 0 Å². The first-order chi connectivity index (χ1) is 8.69. The van der Waals surface area contributed by atoms with Gasteiger partial charge in [0.25, 0.3) is 0 Å². The Bertz CT molecular complexity index is 449. The smallest absolute Gasteiger partial charge is 0.342 e. The zero-order valence-corrected chi connectivity index (χ0v) is 10.5. The van der Waals surface area contributed by atoms with E-state index in [0.717, 1.165) is 12.8 Å². The number of allylic oxidation sites excluding steroid dienone is 1. The first kappa shape index (κ1) is 14.0. The highest BCUT2D eigenvalue weighted by Crippen LogP contribution is 2.08. The molecule has 0 radical (unpaired) electrons. The number of hydrogen-bond donors (Lipinski definition) is 0. The van der Waals surface area contributed by atoms with E-state index in [4.69, 9.17) is 4.74 Å². The van der Waals surface area contributed by atoms with E-state index in [-0.39, 0.29) is 0 Å². The molecule has 0 spiro atoms. The van der Waals surface area contributed by atoms with Crippen LogP contribution in [0.1, 0.15) is 40.5 Å². The van der Waals surface area contributed by atoms with Crippen molar-refractivity contribution in [2.24, 2.45) is 0 Å². The van der Waals surface area contributed by atoms with E-state index in [2.05, 4.69) is 4.74 Å². The van der Waals surface area contributed by atoms with Crippen LogP contribution in [0.3, 0.4) is 0 Å². The van der Waals surface area contributed by atoms with Crippen LogP contribution in [0.2, 0.25) is 0 Å². The lowest BCUT2D eigenvalue weighted by Crippen LogP contribution is -2.05. The normalized spacial score (nSPS) is 10.3. The van der Waals surface area contributed by atoms with Crippen LogP contribution in [0.4, 0.5) is 0 Å². The molecule has 18 heavy (non-hydrogen) atoms. The van der Waals surface area contributed by atoms with Crippen molar-refractivity contribution in [1.82, 2.24) is 0 Å². The molecule has 0 saturated heterocycles. The lowest BCUT2D eigenvalue weighted by molar-refractivity contribution is 0.0600. The molecule has 0 bridgehead atoms. The Morgan fingerprint density at radius 1 is 1.22 bits per heavy atom. The predicted octanol–water partition coefficient (Wildman–Crippen LogP) is 2.94. The van der Waals surface area contributed by atoms with Crippen LogP contribution < -0.4 is 0 Å². The number of benzene rings is 1. The predicted molar refractivity (Wildman–Crippen MR) is 67.2 cm³/mol. The Labute approximate surface area is 106 Å². The maximum Gasteiger partial charge on any atom is 0.342 e. The third kappa shape index (κ3) is 4.05. The minimum atomic E-state index is -0.492. The Hall–Kier alpha value is -2.10. The van der Waals surface area contributed by atoms with Gasteiger partial charge in [-0.1, -0.05) is 19.4 Å². The van der Waals surface area contributed by atoms with E-state index in [1.165, 1.54) is 19.4 Å². The van der Waals surface area contributed by atoms with E-state index in [1.807, 2.05) is 6.92 Å². The summed E-state index contributed by atoms with van der Waals surface area (Å²) in [5.74, 6) is -0.973. The third-order valence-electron chi connectivity index (χ3n) is 2.25. The Morgan fingerprint density at radius 3 is 2.50 bits per heavy atom. The molecule has 0 N–H and O–H groups in total. The van der Waals surface area contributed by atoms with Gasteiger partial charge in [0.05, 0.1) is 24.5 Å². The summed E-state index contributed by atoms with van der Waals surface area (Å²) in [5, 5.41) is 0. The molecule has 0 aliphatic heterocycles. The zero-order valence-electron chi connectivity index (χ0n) is 10.5. The van der Waals surface area contributed by atoms with Crippen molar-refractivity contribution < 1.29 is 19.1 Å². The van der Waals surface area contributed by atoms with Crippen molar-refractivity contribution in [1.29, 1.82) is 0 Å². The van der Waals surface area contributed by atoms with Gasteiger partial charge in [-0.2, -0.15) is 0 Å². The monoisotopic (exact) mass is 248 g/mol. The lowest BCUT2D eigenvalue weighted by atomic mass is 10.1. The summed E-state index contributed by atoms with van der Waals surface area (Å²) in [7, 11) is 1.29. The Morgan fingerprint density at radius 2 is 1.89 bits per heavy atom. The van der Waals surface area contributed by atoms with Gasteiger partial charge in [-0.3, -0.25) is 0 Å². The van der Waals surface area contributed by atoms with Gasteiger partial charge in [-0.15, -0.1) is 0 Å². The van der Waals surface area contributed by atoms with Gasteiger partial charge < -0.3 is 9.47 Å². The van der Waals surface area contributed by atoms with Crippen molar-refractivity contribution >= 4 is 11.9 Å². The maximum atomic E-state index is 11.6. The fourth-order valence-corrected chi connectivity index (χ4v) is 1.30. The highest BCUT2D eigenvalue weighted by Gasteiger charge is 2.10. The van der Waals surface area contributed by atoms with E-state index >= 15 is 0 Å². The number of ether oxygens (including phenoxy) is 2. The van der Waals surface area contributed by atoms with E-state index in [0.29, 0.717) is 11.1 Å². The number of carbonyl (C=O) groups excluding carboxylic acids is 2. The number of unbranched alkanes of at least 4 members (excludes halogenated alkanes) is 1. The van der Waals surface area contributed by atoms with Crippen LogP contribution in [-0.2, 0) is 9.47 Å². The van der Waals surface area contributed by atoms with E-state index < -0.39 is 11.9 Å². The summed E-state index contributed by atoms with van der Waals surface area (Å²) in [6.45, 7) is 2.03. The SMILES string of the molecule is CCCC=COC(=O)c1cccc(C(=O)OC)c1. The molecule has 0 amide bonds. The quantitative estimate of drug-likeness (QED) is 0.594. The molecular weight excluding hydrogens is 232 g/mol. The topological polar surface area (TPSA) is 52.6 Å². The molecule has 0 heterocycles. The molecule has 0 aliphatic carbocycles. The number of esters is 2. The average Bonchev–Trinajstić information content (AvgIpc) is 2.42. The molecule has 0 aromatic heterocycles. The first-order valence-corrected chi connectivity index (χ1v) is 5.73. The first-order valence-electron chi connectivity index (χ1n) is 5.73. The van der Waals surface area contributed by atoms with Gasteiger partial charge in [0.2, 0.25) is 0 Å². The number of hydrogen-bond acceptors (Lipinski definition) is 4. The highest BCUT2D eigenvalue weighted by molar-refractivity contribution is 5.95. The fourth-order valence-electron chi connectivity index (χ4n) is 1.30. The second kappa shape index (κ2) is 7.27. The summed E-state index contributed by atoms with van der Waals surface area (Å²) in [5.41, 5.74) is 0.642. The molecule has 4 nitrogen and oxygen atoms in total. The molecule has 0 atom stereocenters. The van der Waals surface area contributed by atoms with Crippen LogP contribution in [-0.4, -0.2) is 19.0 Å². The van der Waals surface area contributed by atoms with E-state index in [1.54, 1.807) is 24.3 Å². The molecule has 1 rings (SSSR count). The summed E-state index contributed by atoms with van der Waals surface area (Å²) in [6, 6.07) is 6.22. The minimum absolute atomic E-state index is 0.319. The van der Waals surface area contributed by atoms with Gasteiger partial charge in [0.1, 0.15) is 0 Å². The largest absolute Gasteiger partial charge is 0.465 e. The van der Waals surface area contributed by atoms with Gasteiger partial charge in [0.15, 0.2) is 0 Å². The van der Waals surface area contributed by atoms with Gasteiger partial charge in [0, 0.05) is 0 Å². The van der Waals surface area contributed by atoms with Crippen molar-refractivity contribution in [3.8, 4) is 0 Å². The van der Waals surface area contributed by atoms with Crippen molar-refractivity contribution in [3.05, 3.63) is 47.7 Å². The molecule has 0 fully saturated rings. The maximum absolute atomic E-state index is 11.6. The van der Waals surface area contributed by atoms with Crippen LogP contribution in [0.15, 0.2) is 36.6 Å². The van der Waals surface area contributed by atoms with Crippen molar-refractivity contribution in [2.75, 3.05) is 7.11 Å². The van der Waals surface area contributed by atoms with Gasteiger partial charge in [-0.25, -0.2) is 9.59 Å². The second-order valence-electron chi connectivity index (χ2n) is 3.64. The third-order valence-corrected chi connectivity index (χ3v) is 2.25. The number of rotatable bonds is 5. The molecule has 0 unspecified atom stereocenters. The van der Waals surface area contributed by atoms with Crippen molar-refractivity contribution in [3.63, 3.8) is 0 Å². The summed E-state index contributed by atoms with van der Waals surface area (Å²) in [4.78, 5) is 22.9. The molecule has 1 aromatic rings. The standard InChI is InChI=1S/C14H16O4/c1-3-4-5-9-18-14(16)12-8-6-7-11(10-12)13(15)17-2/h5-10H,3-4H2,1-2H3.